The van der Waals surface area contributed by atoms with E-state index in [-0.39, 0.29) is 10.8 Å². The minimum Gasteiger partial charge on any atom is -0.352 e. The fourth-order valence-corrected chi connectivity index (χ4v) is 3.31. The van der Waals surface area contributed by atoms with Crippen molar-refractivity contribution in [3.8, 4) is 0 Å². The highest BCUT2D eigenvalue weighted by Gasteiger charge is 2.23. The van der Waals surface area contributed by atoms with E-state index in [2.05, 4.69) is 15.1 Å². The molecule has 2 aromatic rings. The van der Waals surface area contributed by atoms with Gasteiger partial charge >= 0.3 is 0 Å². The summed E-state index contributed by atoms with van der Waals surface area (Å²) < 4.78 is 23.3. The summed E-state index contributed by atoms with van der Waals surface area (Å²) in [6.45, 7) is 2.43. The number of hydrogen-bond acceptors (Lipinski definition) is 6. The van der Waals surface area contributed by atoms with Gasteiger partial charge in [0.2, 0.25) is 0 Å². The molecule has 8 heteroatoms. The SMILES string of the molecule is CS(=O)(=O)c1cccc(C(=O)N2CCN(c3cccnn3)CC2)c1. The lowest BCUT2D eigenvalue weighted by molar-refractivity contribution is 0.0746. The zero-order valence-electron chi connectivity index (χ0n) is 13.3. The molecule has 1 saturated heterocycles. The van der Waals surface area contributed by atoms with Crippen molar-refractivity contribution in [1.29, 1.82) is 0 Å². The van der Waals surface area contributed by atoms with E-state index in [4.69, 9.17) is 0 Å². The maximum absolute atomic E-state index is 12.6. The van der Waals surface area contributed by atoms with Crippen LogP contribution in [0.15, 0.2) is 47.5 Å². The van der Waals surface area contributed by atoms with Crippen LogP contribution in [-0.2, 0) is 9.84 Å². The first-order valence-corrected chi connectivity index (χ1v) is 9.46. The zero-order valence-corrected chi connectivity index (χ0v) is 14.1. The minimum absolute atomic E-state index is 0.153. The van der Waals surface area contributed by atoms with Gasteiger partial charge in [-0.2, -0.15) is 5.10 Å². The fourth-order valence-electron chi connectivity index (χ4n) is 2.64. The average molecular weight is 346 g/mol. The molecule has 2 heterocycles. The number of carbonyl (C=O) groups is 1. The normalized spacial score (nSPS) is 15.4. The predicted molar refractivity (Wildman–Crippen MR) is 89.7 cm³/mol. The number of rotatable bonds is 3. The first-order valence-electron chi connectivity index (χ1n) is 7.57. The van der Waals surface area contributed by atoms with E-state index in [0.717, 1.165) is 12.1 Å². The molecule has 1 fully saturated rings. The van der Waals surface area contributed by atoms with Gasteiger partial charge in [0.05, 0.1) is 4.90 Å². The van der Waals surface area contributed by atoms with Crippen molar-refractivity contribution >= 4 is 21.6 Å². The molecule has 1 amide bonds. The molecule has 1 aromatic heterocycles. The van der Waals surface area contributed by atoms with Gasteiger partial charge in [0.1, 0.15) is 0 Å². The molecule has 1 aliphatic rings. The summed E-state index contributed by atoms with van der Waals surface area (Å²) >= 11 is 0. The van der Waals surface area contributed by atoms with Gasteiger partial charge in [0, 0.05) is 44.2 Å². The lowest BCUT2D eigenvalue weighted by Gasteiger charge is -2.35. The molecule has 1 aliphatic heterocycles. The topological polar surface area (TPSA) is 83.5 Å². The highest BCUT2D eigenvalue weighted by molar-refractivity contribution is 7.90. The molecule has 24 heavy (non-hydrogen) atoms. The highest BCUT2D eigenvalue weighted by atomic mass is 32.2. The van der Waals surface area contributed by atoms with Crippen molar-refractivity contribution < 1.29 is 13.2 Å². The van der Waals surface area contributed by atoms with Crippen LogP contribution in [0.4, 0.5) is 5.82 Å². The van der Waals surface area contributed by atoms with Gasteiger partial charge in [-0.15, -0.1) is 5.10 Å². The van der Waals surface area contributed by atoms with E-state index >= 15 is 0 Å². The van der Waals surface area contributed by atoms with E-state index in [0.29, 0.717) is 31.7 Å². The first-order chi connectivity index (χ1) is 11.4. The molecule has 0 bridgehead atoms. The third kappa shape index (κ3) is 3.53. The molecule has 1 aromatic carbocycles. The second-order valence-electron chi connectivity index (χ2n) is 5.66. The Morgan fingerprint density at radius 1 is 1.08 bits per heavy atom. The van der Waals surface area contributed by atoms with E-state index in [9.17, 15) is 13.2 Å². The molecule has 3 rings (SSSR count). The summed E-state index contributed by atoms with van der Waals surface area (Å²) in [6, 6.07) is 9.90. The lowest BCUT2D eigenvalue weighted by Crippen LogP contribution is -2.49. The van der Waals surface area contributed by atoms with Crippen LogP contribution in [0.3, 0.4) is 0 Å². The van der Waals surface area contributed by atoms with Gasteiger partial charge in [0.25, 0.3) is 5.91 Å². The van der Waals surface area contributed by atoms with Gasteiger partial charge in [-0.25, -0.2) is 8.42 Å². The number of sulfone groups is 1. The van der Waals surface area contributed by atoms with Gasteiger partial charge in [-0.3, -0.25) is 4.79 Å². The largest absolute Gasteiger partial charge is 0.352 e. The number of piperazine rings is 1. The van der Waals surface area contributed by atoms with Gasteiger partial charge in [-0.05, 0) is 30.3 Å². The lowest BCUT2D eigenvalue weighted by atomic mass is 10.2. The van der Waals surface area contributed by atoms with E-state index in [1.807, 2.05) is 12.1 Å². The maximum atomic E-state index is 12.6. The standard InChI is InChI=1S/C16H18N4O3S/c1-24(22,23)14-5-2-4-13(12-14)16(21)20-10-8-19(9-11-20)15-6-3-7-17-18-15/h2-7,12H,8-11H2,1H3. The van der Waals surface area contributed by atoms with E-state index in [1.54, 1.807) is 23.2 Å². The maximum Gasteiger partial charge on any atom is 0.254 e. The molecule has 0 unspecified atom stereocenters. The molecule has 7 nitrogen and oxygen atoms in total. The average Bonchev–Trinajstić information content (AvgIpc) is 2.61. The summed E-state index contributed by atoms with van der Waals surface area (Å²) in [6.07, 6.45) is 2.76. The Morgan fingerprint density at radius 2 is 1.83 bits per heavy atom. The number of amides is 1. The second-order valence-corrected chi connectivity index (χ2v) is 7.68. The van der Waals surface area contributed by atoms with Crippen LogP contribution in [0.2, 0.25) is 0 Å². The summed E-state index contributed by atoms with van der Waals surface area (Å²) in [7, 11) is -3.33. The third-order valence-corrected chi connectivity index (χ3v) is 5.07. The Balaban J connectivity index is 1.70. The number of carbonyl (C=O) groups excluding carboxylic acids is 1. The molecule has 0 radical (unpaired) electrons. The molecular formula is C16H18N4O3S. The van der Waals surface area contributed by atoms with Crippen molar-refractivity contribution in [1.82, 2.24) is 15.1 Å². The number of aromatic nitrogens is 2. The van der Waals surface area contributed by atoms with Gasteiger partial charge < -0.3 is 9.80 Å². The van der Waals surface area contributed by atoms with Crippen LogP contribution < -0.4 is 4.90 Å². The first kappa shape index (κ1) is 16.4. The van der Waals surface area contributed by atoms with Crippen LogP contribution in [0, 0.1) is 0 Å². The summed E-state index contributed by atoms with van der Waals surface area (Å²) in [4.78, 5) is 16.6. The summed E-state index contributed by atoms with van der Waals surface area (Å²) in [5.74, 6) is 0.642. The van der Waals surface area contributed by atoms with Crippen molar-refractivity contribution in [2.75, 3.05) is 37.3 Å². The Morgan fingerprint density at radius 3 is 2.46 bits per heavy atom. The number of hydrogen-bond donors (Lipinski definition) is 0. The second kappa shape index (κ2) is 6.56. The monoisotopic (exact) mass is 346 g/mol. The van der Waals surface area contributed by atoms with Crippen LogP contribution >= 0.6 is 0 Å². The van der Waals surface area contributed by atoms with Gasteiger partial charge in [0.15, 0.2) is 15.7 Å². The third-order valence-electron chi connectivity index (χ3n) is 3.96. The highest BCUT2D eigenvalue weighted by Crippen LogP contribution is 2.16. The Labute approximate surface area is 140 Å². The molecule has 126 valence electrons. The van der Waals surface area contributed by atoms with Crippen LogP contribution in [0.25, 0.3) is 0 Å². The van der Waals surface area contributed by atoms with Crippen molar-refractivity contribution in [3.63, 3.8) is 0 Å². The Bertz CT molecular complexity index is 831. The summed E-state index contributed by atoms with van der Waals surface area (Å²) in [5, 5.41) is 7.94. The van der Waals surface area contributed by atoms with Crippen LogP contribution in [0.1, 0.15) is 10.4 Å². The number of benzene rings is 1. The molecule has 0 spiro atoms. The van der Waals surface area contributed by atoms with Crippen molar-refractivity contribution in [2.24, 2.45) is 0 Å². The molecular weight excluding hydrogens is 328 g/mol. The zero-order chi connectivity index (χ0) is 17.2. The fraction of sp³-hybridized carbons (Fsp3) is 0.312. The van der Waals surface area contributed by atoms with E-state index < -0.39 is 9.84 Å². The molecule has 0 saturated carbocycles. The smallest absolute Gasteiger partial charge is 0.254 e. The number of nitrogens with zero attached hydrogens (tertiary/aromatic N) is 4. The summed E-state index contributed by atoms with van der Waals surface area (Å²) in [5.41, 5.74) is 0.394. The van der Waals surface area contributed by atoms with Crippen molar-refractivity contribution in [2.45, 2.75) is 4.90 Å². The van der Waals surface area contributed by atoms with Crippen LogP contribution in [-0.4, -0.2) is 61.9 Å². The minimum atomic E-state index is -3.33. The predicted octanol–water partition coefficient (Wildman–Crippen LogP) is 0.843. The Kier molecular flexibility index (Phi) is 4.48. The van der Waals surface area contributed by atoms with Crippen LogP contribution in [0.5, 0.6) is 0 Å². The van der Waals surface area contributed by atoms with Gasteiger partial charge in [-0.1, -0.05) is 6.07 Å². The Hall–Kier alpha value is -2.48. The van der Waals surface area contributed by atoms with E-state index in [1.165, 1.54) is 12.1 Å². The number of anilines is 1. The quantitative estimate of drug-likeness (QED) is 0.819. The molecule has 0 N–H and O–H groups in total. The van der Waals surface area contributed by atoms with Crippen molar-refractivity contribution in [3.05, 3.63) is 48.2 Å². The molecule has 0 atom stereocenters. The molecule has 0 aliphatic carbocycles.